The molecule has 0 spiro atoms. The Hall–Kier alpha value is -0.870. The number of nitrogens with zero attached hydrogens (tertiary/aromatic N) is 2. The van der Waals surface area contributed by atoms with E-state index in [0.717, 1.165) is 31.6 Å². The molecule has 1 aliphatic heterocycles. The lowest BCUT2D eigenvalue weighted by molar-refractivity contribution is -0.0845. The van der Waals surface area contributed by atoms with Crippen molar-refractivity contribution >= 4 is 0 Å². The Kier molecular flexibility index (Phi) is 3.07. The van der Waals surface area contributed by atoms with E-state index in [0.29, 0.717) is 13.0 Å². The van der Waals surface area contributed by atoms with Crippen LogP contribution in [-0.2, 0) is 17.7 Å². The molecule has 0 aromatic carbocycles. The number of ether oxygens (including phenoxy) is 1. The third-order valence-electron chi connectivity index (χ3n) is 2.85. The second-order valence-electron chi connectivity index (χ2n) is 4.26. The van der Waals surface area contributed by atoms with Crippen molar-refractivity contribution in [3.63, 3.8) is 0 Å². The van der Waals surface area contributed by atoms with Gasteiger partial charge < -0.3 is 9.84 Å². The third kappa shape index (κ3) is 2.58. The summed E-state index contributed by atoms with van der Waals surface area (Å²) in [6, 6.07) is 0. The lowest BCUT2D eigenvalue weighted by Crippen LogP contribution is -2.40. The van der Waals surface area contributed by atoms with E-state index in [-0.39, 0.29) is 0 Å². The molecule has 0 radical (unpaired) electrons. The van der Waals surface area contributed by atoms with Gasteiger partial charge in [-0.15, -0.1) is 0 Å². The highest BCUT2D eigenvalue weighted by atomic mass is 16.5. The Labute approximate surface area is 89.9 Å². The molecule has 0 saturated carbocycles. The maximum Gasteiger partial charge on any atom is 0.0922 e. The summed E-state index contributed by atoms with van der Waals surface area (Å²) in [6.45, 7) is 4.14. The summed E-state index contributed by atoms with van der Waals surface area (Å²) < 4.78 is 7.19. The highest BCUT2D eigenvalue weighted by Gasteiger charge is 2.30. The fourth-order valence-electron chi connectivity index (χ4n) is 2.03. The summed E-state index contributed by atoms with van der Waals surface area (Å²) in [7, 11) is 0. The average molecular weight is 210 g/mol. The van der Waals surface area contributed by atoms with Crippen LogP contribution in [0.2, 0.25) is 0 Å². The van der Waals surface area contributed by atoms with E-state index in [1.807, 2.05) is 17.1 Å². The highest BCUT2D eigenvalue weighted by molar-refractivity contribution is 5.08. The zero-order chi connectivity index (χ0) is 10.7. The van der Waals surface area contributed by atoms with E-state index in [1.54, 1.807) is 0 Å². The number of aryl methyl sites for hydroxylation is 1. The van der Waals surface area contributed by atoms with Crippen molar-refractivity contribution in [2.75, 3.05) is 13.2 Å². The largest absolute Gasteiger partial charge is 0.387 e. The zero-order valence-corrected chi connectivity index (χ0v) is 9.15. The van der Waals surface area contributed by atoms with Gasteiger partial charge in [0.05, 0.1) is 18.4 Å². The van der Waals surface area contributed by atoms with Crippen LogP contribution >= 0.6 is 0 Å². The Balaban J connectivity index is 2.00. The summed E-state index contributed by atoms with van der Waals surface area (Å²) in [4.78, 5) is 0. The van der Waals surface area contributed by atoms with Gasteiger partial charge in [-0.1, -0.05) is 0 Å². The van der Waals surface area contributed by atoms with E-state index in [2.05, 4.69) is 12.0 Å². The van der Waals surface area contributed by atoms with E-state index in [1.165, 1.54) is 0 Å². The molecule has 1 fully saturated rings. The van der Waals surface area contributed by atoms with Crippen molar-refractivity contribution in [1.29, 1.82) is 0 Å². The van der Waals surface area contributed by atoms with Gasteiger partial charge in [0.1, 0.15) is 0 Å². The van der Waals surface area contributed by atoms with Crippen molar-refractivity contribution in [1.82, 2.24) is 9.78 Å². The molecule has 4 heteroatoms. The quantitative estimate of drug-likeness (QED) is 0.809. The number of hydrogen-bond donors (Lipinski definition) is 1. The molecule has 1 unspecified atom stereocenters. The highest BCUT2D eigenvalue weighted by Crippen LogP contribution is 2.23. The van der Waals surface area contributed by atoms with Gasteiger partial charge in [-0.05, 0) is 25.3 Å². The smallest absolute Gasteiger partial charge is 0.0922 e. The average Bonchev–Trinajstić information content (AvgIpc) is 2.66. The van der Waals surface area contributed by atoms with Gasteiger partial charge in [0.15, 0.2) is 0 Å². The molecule has 1 saturated heterocycles. The van der Waals surface area contributed by atoms with Gasteiger partial charge in [-0.2, -0.15) is 5.10 Å². The number of hydrogen-bond acceptors (Lipinski definition) is 3. The molecule has 4 nitrogen and oxygen atoms in total. The maximum atomic E-state index is 10.2. The monoisotopic (exact) mass is 210 g/mol. The maximum absolute atomic E-state index is 10.2. The second-order valence-corrected chi connectivity index (χ2v) is 4.26. The Morgan fingerprint density at radius 1 is 1.67 bits per heavy atom. The van der Waals surface area contributed by atoms with Crippen molar-refractivity contribution < 1.29 is 9.84 Å². The minimum atomic E-state index is -0.681. The predicted octanol–water partition coefficient (Wildman–Crippen LogP) is 0.987. The third-order valence-corrected chi connectivity index (χ3v) is 2.85. The van der Waals surface area contributed by atoms with Crippen LogP contribution in [0.15, 0.2) is 12.4 Å². The molecule has 1 aromatic rings. The van der Waals surface area contributed by atoms with Crippen LogP contribution in [0.3, 0.4) is 0 Å². The summed E-state index contributed by atoms with van der Waals surface area (Å²) in [5, 5.41) is 14.4. The topological polar surface area (TPSA) is 47.3 Å². The van der Waals surface area contributed by atoms with Crippen LogP contribution in [0, 0.1) is 0 Å². The van der Waals surface area contributed by atoms with Crippen LogP contribution in [0.1, 0.15) is 25.3 Å². The van der Waals surface area contributed by atoms with Crippen molar-refractivity contribution in [3.05, 3.63) is 18.0 Å². The van der Waals surface area contributed by atoms with Gasteiger partial charge in [-0.25, -0.2) is 0 Å². The van der Waals surface area contributed by atoms with Gasteiger partial charge in [-0.3, -0.25) is 4.68 Å². The standard InChI is InChI=1S/C11H18N2O2/c1-2-13-8-10(7-12-13)6-11(14)4-3-5-15-9-11/h7-8,14H,2-6,9H2,1H3. The molecule has 0 amide bonds. The Morgan fingerprint density at radius 3 is 3.13 bits per heavy atom. The summed E-state index contributed by atoms with van der Waals surface area (Å²) >= 11 is 0. The molecular formula is C11H18N2O2. The van der Waals surface area contributed by atoms with Crippen molar-refractivity contribution in [2.45, 2.75) is 38.3 Å². The molecule has 1 aromatic heterocycles. The molecule has 15 heavy (non-hydrogen) atoms. The molecule has 1 atom stereocenters. The molecular weight excluding hydrogens is 192 g/mol. The van der Waals surface area contributed by atoms with Crippen molar-refractivity contribution in [2.24, 2.45) is 0 Å². The molecule has 2 rings (SSSR count). The number of rotatable bonds is 3. The molecule has 84 valence electrons. The fraction of sp³-hybridized carbons (Fsp3) is 0.727. The Bertz CT molecular complexity index is 316. The van der Waals surface area contributed by atoms with E-state index >= 15 is 0 Å². The van der Waals surface area contributed by atoms with E-state index < -0.39 is 5.60 Å². The summed E-state index contributed by atoms with van der Waals surface area (Å²) in [5.41, 5.74) is 0.407. The Morgan fingerprint density at radius 2 is 2.53 bits per heavy atom. The lowest BCUT2D eigenvalue weighted by atomic mass is 9.90. The zero-order valence-electron chi connectivity index (χ0n) is 9.15. The van der Waals surface area contributed by atoms with Crippen LogP contribution in [0.4, 0.5) is 0 Å². The molecule has 2 heterocycles. The van der Waals surface area contributed by atoms with Crippen LogP contribution in [0.5, 0.6) is 0 Å². The normalized spacial score (nSPS) is 26.8. The first-order chi connectivity index (χ1) is 7.22. The molecule has 1 N–H and O–H groups in total. The summed E-state index contributed by atoms with van der Waals surface area (Å²) in [5.74, 6) is 0. The first-order valence-corrected chi connectivity index (χ1v) is 5.53. The van der Waals surface area contributed by atoms with E-state index in [9.17, 15) is 5.11 Å². The first kappa shape index (κ1) is 10.6. The predicted molar refractivity (Wildman–Crippen MR) is 56.6 cm³/mol. The minimum Gasteiger partial charge on any atom is -0.387 e. The number of aromatic nitrogens is 2. The van der Waals surface area contributed by atoms with Gasteiger partial charge in [0.25, 0.3) is 0 Å². The van der Waals surface area contributed by atoms with Crippen LogP contribution < -0.4 is 0 Å². The minimum absolute atomic E-state index is 0.449. The first-order valence-electron chi connectivity index (χ1n) is 5.53. The van der Waals surface area contributed by atoms with E-state index in [4.69, 9.17) is 4.74 Å². The van der Waals surface area contributed by atoms with Crippen molar-refractivity contribution in [3.8, 4) is 0 Å². The SMILES string of the molecule is CCn1cc(CC2(O)CCCOC2)cn1. The van der Waals surface area contributed by atoms with Gasteiger partial charge >= 0.3 is 0 Å². The second kappa shape index (κ2) is 4.33. The van der Waals surface area contributed by atoms with Crippen LogP contribution in [0.25, 0.3) is 0 Å². The van der Waals surface area contributed by atoms with Crippen LogP contribution in [-0.4, -0.2) is 33.7 Å². The van der Waals surface area contributed by atoms with Gasteiger partial charge in [0, 0.05) is 25.8 Å². The molecule has 0 aliphatic carbocycles. The number of aliphatic hydroxyl groups is 1. The molecule has 0 bridgehead atoms. The fourth-order valence-corrected chi connectivity index (χ4v) is 2.03. The lowest BCUT2D eigenvalue weighted by Gasteiger charge is -2.31. The molecule has 1 aliphatic rings. The summed E-state index contributed by atoms with van der Waals surface area (Å²) in [6.07, 6.45) is 6.23. The van der Waals surface area contributed by atoms with Gasteiger partial charge in [0.2, 0.25) is 0 Å².